The highest BCUT2D eigenvalue weighted by atomic mass is 16.5. The monoisotopic (exact) mass is 301 g/mol. The van der Waals surface area contributed by atoms with Crippen LogP contribution in [0, 0.1) is 11.3 Å². The average Bonchev–Trinajstić information content (AvgIpc) is 3.01. The number of likely N-dealkylation sites (N-methyl/N-ethyl adjacent to an activating group) is 1. The summed E-state index contributed by atoms with van der Waals surface area (Å²) in [6.45, 7) is 0.391. The Morgan fingerprint density at radius 2 is 2.14 bits per heavy atom. The van der Waals surface area contributed by atoms with Crippen LogP contribution >= 0.6 is 0 Å². The number of nitriles is 1. The Balaban J connectivity index is 2.00. The second-order valence-electron chi connectivity index (χ2n) is 5.37. The summed E-state index contributed by atoms with van der Waals surface area (Å²) in [4.78, 5) is 27.5. The number of benzene rings is 1. The SMILES string of the molecule is CN(C)C(=O)[C@H]1CCCN1C(=O)COc1ccccc1C#N. The number of para-hydroxylation sites is 1. The molecule has 1 aromatic rings. The Labute approximate surface area is 129 Å². The molecule has 6 nitrogen and oxygen atoms in total. The number of likely N-dealkylation sites (tertiary alicyclic amines) is 1. The Hall–Kier alpha value is -2.55. The van der Waals surface area contributed by atoms with Crippen molar-refractivity contribution in [2.45, 2.75) is 18.9 Å². The smallest absolute Gasteiger partial charge is 0.261 e. The molecule has 1 saturated heterocycles. The summed E-state index contributed by atoms with van der Waals surface area (Å²) in [6, 6.07) is 8.38. The van der Waals surface area contributed by atoms with Gasteiger partial charge in [-0.1, -0.05) is 12.1 Å². The number of ether oxygens (including phenoxy) is 1. The average molecular weight is 301 g/mol. The van der Waals surface area contributed by atoms with Gasteiger partial charge in [0.25, 0.3) is 5.91 Å². The Morgan fingerprint density at radius 1 is 1.41 bits per heavy atom. The van der Waals surface area contributed by atoms with Gasteiger partial charge in [0.1, 0.15) is 17.9 Å². The lowest BCUT2D eigenvalue weighted by molar-refractivity contribution is -0.143. The second-order valence-corrected chi connectivity index (χ2v) is 5.37. The van der Waals surface area contributed by atoms with E-state index in [0.717, 1.165) is 6.42 Å². The van der Waals surface area contributed by atoms with Crippen LogP contribution in [-0.2, 0) is 9.59 Å². The lowest BCUT2D eigenvalue weighted by Crippen LogP contribution is -2.47. The van der Waals surface area contributed by atoms with Crippen molar-refractivity contribution in [3.63, 3.8) is 0 Å². The first-order valence-electron chi connectivity index (χ1n) is 7.17. The molecule has 0 N–H and O–H groups in total. The van der Waals surface area contributed by atoms with Crippen molar-refractivity contribution >= 4 is 11.8 Å². The maximum atomic E-state index is 12.3. The quantitative estimate of drug-likeness (QED) is 0.832. The first-order valence-corrected chi connectivity index (χ1v) is 7.17. The van der Waals surface area contributed by atoms with Crippen molar-refractivity contribution in [2.24, 2.45) is 0 Å². The van der Waals surface area contributed by atoms with Crippen LogP contribution < -0.4 is 4.74 Å². The predicted octanol–water partition coefficient (Wildman–Crippen LogP) is 1.02. The Kier molecular flexibility index (Phi) is 4.99. The minimum absolute atomic E-state index is 0.0664. The van der Waals surface area contributed by atoms with Crippen molar-refractivity contribution in [3.8, 4) is 11.8 Å². The molecule has 0 unspecified atom stereocenters. The third-order valence-electron chi connectivity index (χ3n) is 3.66. The fraction of sp³-hybridized carbons (Fsp3) is 0.438. The minimum atomic E-state index is -0.405. The summed E-state index contributed by atoms with van der Waals surface area (Å²) in [5.41, 5.74) is 0.387. The van der Waals surface area contributed by atoms with Crippen molar-refractivity contribution in [1.82, 2.24) is 9.80 Å². The fourth-order valence-electron chi connectivity index (χ4n) is 2.53. The lowest BCUT2D eigenvalue weighted by atomic mass is 10.2. The Bertz CT molecular complexity index is 607. The normalized spacial score (nSPS) is 17.0. The van der Waals surface area contributed by atoms with Crippen molar-refractivity contribution in [3.05, 3.63) is 29.8 Å². The van der Waals surface area contributed by atoms with Gasteiger partial charge in [-0.2, -0.15) is 5.26 Å². The van der Waals surface area contributed by atoms with Crippen LogP contribution in [0.4, 0.5) is 0 Å². The van der Waals surface area contributed by atoms with E-state index < -0.39 is 6.04 Å². The van der Waals surface area contributed by atoms with Crippen LogP contribution in [-0.4, -0.2) is 54.9 Å². The molecule has 1 aromatic carbocycles. The van der Waals surface area contributed by atoms with Gasteiger partial charge >= 0.3 is 0 Å². The highest BCUT2D eigenvalue weighted by Gasteiger charge is 2.34. The van der Waals surface area contributed by atoms with Gasteiger partial charge in [0.15, 0.2) is 6.61 Å². The maximum Gasteiger partial charge on any atom is 0.261 e. The highest BCUT2D eigenvalue weighted by Crippen LogP contribution is 2.20. The van der Waals surface area contributed by atoms with Crippen molar-refractivity contribution < 1.29 is 14.3 Å². The van der Waals surface area contributed by atoms with Crippen LogP contribution in [0.2, 0.25) is 0 Å². The van der Waals surface area contributed by atoms with E-state index in [1.165, 1.54) is 4.90 Å². The molecule has 1 heterocycles. The van der Waals surface area contributed by atoms with Gasteiger partial charge in [0.05, 0.1) is 5.56 Å². The lowest BCUT2D eigenvalue weighted by Gasteiger charge is -2.26. The van der Waals surface area contributed by atoms with Gasteiger partial charge in [0, 0.05) is 20.6 Å². The molecule has 1 aliphatic heterocycles. The molecule has 1 aliphatic rings. The van der Waals surface area contributed by atoms with E-state index in [2.05, 4.69) is 0 Å². The van der Waals surface area contributed by atoms with Gasteiger partial charge in [-0.15, -0.1) is 0 Å². The number of hydrogen-bond donors (Lipinski definition) is 0. The first kappa shape index (κ1) is 15.8. The molecule has 0 spiro atoms. The standard InChI is InChI=1S/C16H19N3O3/c1-18(2)16(21)13-7-5-9-19(13)15(20)11-22-14-8-4-3-6-12(14)10-17/h3-4,6,8,13H,5,7,9,11H2,1-2H3/t13-/m1/s1. The van der Waals surface area contributed by atoms with E-state index >= 15 is 0 Å². The minimum Gasteiger partial charge on any atom is -0.482 e. The van der Waals surface area contributed by atoms with E-state index in [1.807, 2.05) is 6.07 Å². The first-order chi connectivity index (χ1) is 10.5. The summed E-state index contributed by atoms with van der Waals surface area (Å²) >= 11 is 0. The molecule has 0 bridgehead atoms. The molecule has 6 heteroatoms. The number of amides is 2. The van der Waals surface area contributed by atoms with Gasteiger partial charge < -0.3 is 14.5 Å². The summed E-state index contributed by atoms with van der Waals surface area (Å²) in [6.07, 6.45) is 1.49. The number of carbonyl (C=O) groups is 2. The molecule has 0 radical (unpaired) electrons. The maximum absolute atomic E-state index is 12.3. The summed E-state index contributed by atoms with van der Waals surface area (Å²) < 4.78 is 5.45. The molecular weight excluding hydrogens is 282 g/mol. The van der Waals surface area contributed by atoms with Gasteiger partial charge in [-0.25, -0.2) is 0 Å². The van der Waals surface area contributed by atoms with E-state index in [1.54, 1.807) is 43.3 Å². The molecule has 0 aromatic heterocycles. The molecule has 22 heavy (non-hydrogen) atoms. The van der Waals surface area contributed by atoms with Crippen LogP contribution in [0.15, 0.2) is 24.3 Å². The topological polar surface area (TPSA) is 73.6 Å². The number of carbonyl (C=O) groups excluding carboxylic acids is 2. The predicted molar refractivity (Wildman–Crippen MR) is 80.1 cm³/mol. The zero-order valence-corrected chi connectivity index (χ0v) is 12.8. The van der Waals surface area contributed by atoms with E-state index in [-0.39, 0.29) is 18.4 Å². The number of hydrogen-bond acceptors (Lipinski definition) is 4. The van der Waals surface area contributed by atoms with Crippen LogP contribution in [0.5, 0.6) is 5.75 Å². The molecule has 1 fully saturated rings. The van der Waals surface area contributed by atoms with Crippen molar-refractivity contribution in [1.29, 1.82) is 5.26 Å². The number of rotatable bonds is 4. The summed E-state index contributed by atoms with van der Waals surface area (Å²) in [5, 5.41) is 9.00. The second kappa shape index (κ2) is 6.94. The van der Waals surface area contributed by atoms with Gasteiger partial charge in [-0.05, 0) is 25.0 Å². The molecule has 0 aliphatic carbocycles. The number of nitrogens with zero attached hydrogens (tertiary/aromatic N) is 3. The third-order valence-corrected chi connectivity index (χ3v) is 3.66. The largest absolute Gasteiger partial charge is 0.482 e. The van der Waals surface area contributed by atoms with E-state index in [0.29, 0.717) is 24.3 Å². The third kappa shape index (κ3) is 3.37. The summed E-state index contributed by atoms with van der Waals surface area (Å²) in [5.74, 6) is 0.0850. The highest BCUT2D eigenvalue weighted by molar-refractivity contribution is 5.88. The van der Waals surface area contributed by atoms with Gasteiger partial charge in [-0.3, -0.25) is 9.59 Å². The zero-order chi connectivity index (χ0) is 16.1. The van der Waals surface area contributed by atoms with Crippen LogP contribution in [0.1, 0.15) is 18.4 Å². The van der Waals surface area contributed by atoms with Crippen LogP contribution in [0.25, 0.3) is 0 Å². The van der Waals surface area contributed by atoms with Crippen molar-refractivity contribution in [2.75, 3.05) is 27.2 Å². The van der Waals surface area contributed by atoms with Crippen LogP contribution in [0.3, 0.4) is 0 Å². The van der Waals surface area contributed by atoms with Gasteiger partial charge in [0.2, 0.25) is 5.91 Å². The van der Waals surface area contributed by atoms with E-state index in [9.17, 15) is 9.59 Å². The molecule has 0 saturated carbocycles. The zero-order valence-electron chi connectivity index (χ0n) is 12.8. The van der Waals surface area contributed by atoms with E-state index in [4.69, 9.17) is 10.00 Å². The fourth-order valence-corrected chi connectivity index (χ4v) is 2.53. The molecular formula is C16H19N3O3. The molecule has 2 rings (SSSR count). The Morgan fingerprint density at radius 3 is 2.82 bits per heavy atom. The molecule has 1 atom stereocenters. The molecule has 2 amide bonds. The molecule has 116 valence electrons. The summed E-state index contributed by atoms with van der Waals surface area (Å²) in [7, 11) is 3.37.